The second-order valence-electron chi connectivity index (χ2n) is 4.79. The first-order chi connectivity index (χ1) is 9.42. The standard InChI is InChI=1S/C14H15ClN2O3/c1-3-11-13(19)16-12(18)7-17(11)14(20)9-4-8(2)5-10(15)6-9/h4-6,11H,3,7H2,1-2H3,(H,16,18,19). The Morgan fingerprint density at radius 2 is 2.10 bits per heavy atom. The van der Waals surface area contributed by atoms with Crippen LogP contribution in [0, 0.1) is 6.92 Å². The van der Waals surface area contributed by atoms with Crippen molar-refractivity contribution in [1.82, 2.24) is 10.2 Å². The number of nitrogens with zero attached hydrogens (tertiary/aromatic N) is 1. The lowest BCUT2D eigenvalue weighted by Crippen LogP contribution is -2.59. The highest BCUT2D eigenvalue weighted by Crippen LogP contribution is 2.19. The number of imide groups is 1. The van der Waals surface area contributed by atoms with Crippen molar-refractivity contribution in [3.8, 4) is 0 Å². The van der Waals surface area contributed by atoms with E-state index in [9.17, 15) is 14.4 Å². The number of halogens is 1. The average Bonchev–Trinajstić information content (AvgIpc) is 2.35. The second-order valence-corrected chi connectivity index (χ2v) is 5.22. The first-order valence-electron chi connectivity index (χ1n) is 6.34. The third-order valence-electron chi connectivity index (χ3n) is 3.19. The zero-order valence-electron chi connectivity index (χ0n) is 11.3. The Kier molecular flexibility index (Phi) is 4.09. The summed E-state index contributed by atoms with van der Waals surface area (Å²) >= 11 is 5.94. The van der Waals surface area contributed by atoms with E-state index in [2.05, 4.69) is 5.32 Å². The van der Waals surface area contributed by atoms with Gasteiger partial charge in [0.25, 0.3) is 5.91 Å². The van der Waals surface area contributed by atoms with Gasteiger partial charge in [-0.15, -0.1) is 0 Å². The molecule has 0 bridgehead atoms. The average molecular weight is 295 g/mol. The molecule has 20 heavy (non-hydrogen) atoms. The van der Waals surface area contributed by atoms with Crippen LogP contribution in [-0.4, -0.2) is 35.2 Å². The van der Waals surface area contributed by atoms with Crippen LogP contribution in [0.15, 0.2) is 18.2 Å². The van der Waals surface area contributed by atoms with E-state index in [1.165, 1.54) is 4.90 Å². The van der Waals surface area contributed by atoms with Crippen molar-refractivity contribution in [2.75, 3.05) is 6.54 Å². The molecule has 0 spiro atoms. The molecule has 106 valence electrons. The lowest BCUT2D eigenvalue weighted by atomic mass is 10.1. The molecule has 1 fully saturated rings. The maximum absolute atomic E-state index is 12.5. The molecule has 2 rings (SSSR count). The summed E-state index contributed by atoms with van der Waals surface area (Å²) in [6, 6.07) is 4.35. The molecule has 1 unspecified atom stereocenters. The van der Waals surface area contributed by atoms with E-state index in [0.717, 1.165) is 5.56 Å². The minimum absolute atomic E-state index is 0.116. The molecular weight excluding hydrogens is 280 g/mol. The number of hydrogen-bond donors (Lipinski definition) is 1. The highest BCUT2D eigenvalue weighted by Gasteiger charge is 2.35. The molecule has 1 atom stereocenters. The van der Waals surface area contributed by atoms with E-state index < -0.39 is 17.9 Å². The largest absolute Gasteiger partial charge is 0.317 e. The molecule has 0 radical (unpaired) electrons. The first kappa shape index (κ1) is 14.5. The van der Waals surface area contributed by atoms with Gasteiger partial charge in [-0.1, -0.05) is 18.5 Å². The van der Waals surface area contributed by atoms with Gasteiger partial charge in [0.05, 0.1) is 0 Å². The zero-order chi connectivity index (χ0) is 14.9. The SMILES string of the molecule is CCC1C(=O)NC(=O)CN1C(=O)c1cc(C)cc(Cl)c1. The van der Waals surface area contributed by atoms with E-state index in [-0.39, 0.29) is 12.5 Å². The van der Waals surface area contributed by atoms with Crippen molar-refractivity contribution in [1.29, 1.82) is 0 Å². The van der Waals surface area contributed by atoms with Crippen LogP contribution in [0.4, 0.5) is 0 Å². The Morgan fingerprint density at radius 1 is 1.40 bits per heavy atom. The molecular formula is C14H15ClN2O3. The van der Waals surface area contributed by atoms with Crippen molar-refractivity contribution >= 4 is 29.3 Å². The zero-order valence-corrected chi connectivity index (χ0v) is 12.0. The molecule has 1 saturated heterocycles. The third kappa shape index (κ3) is 2.82. The molecule has 5 nitrogen and oxygen atoms in total. The van der Waals surface area contributed by atoms with Crippen LogP contribution in [0.1, 0.15) is 29.3 Å². The normalized spacial score (nSPS) is 18.9. The fourth-order valence-electron chi connectivity index (χ4n) is 2.31. The van der Waals surface area contributed by atoms with E-state index in [1.54, 1.807) is 25.1 Å². The maximum atomic E-state index is 12.5. The predicted octanol–water partition coefficient (Wildman–Crippen LogP) is 1.53. The minimum Gasteiger partial charge on any atom is -0.317 e. The highest BCUT2D eigenvalue weighted by atomic mass is 35.5. The molecule has 0 aliphatic carbocycles. The summed E-state index contributed by atoms with van der Waals surface area (Å²) in [6.07, 6.45) is 0.449. The van der Waals surface area contributed by atoms with Gasteiger partial charge < -0.3 is 4.90 Å². The summed E-state index contributed by atoms with van der Waals surface area (Å²) in [5.41, 5.74) is 1.23. The Hall–Kier alpha value is -1.88. The van der Waals surface area contributed by atoms with E-state index in [1.807, 2.05) is 6.92 Å². The van der Waals surface area contributed by atoms with Crippen molar-refractivity contribution in [3.63, 3.8) is 0 Å². The molecule has 1 N–H and O–H groups in total. The molecule has 1 heterocycles. The summed E-state index contributed by atoms with van der Waals surface area (Å²) < 4.78 is 0. The van der Waals surface area contributed by atoms with Crippen molar-refractivity contribution in [2.24, 2.45) is 0 Å². The van der Waals surface area contributed by atoms with Crippen molar-refractivity contribution in [2.45, 2.75) is 26.3 Å². The molecule has 1 aromatic carbocycles. The Bertz CT molecular complexity index is 566. The smallest absolute Gasteiger partial charge is 0.255 e. The highest BCUT2D eigenvalue weighted by molar-refractivity contribution is 6.31. The van der Waals surface area contributed by atoms with Crippen molar-refractivity contribution < 1.29 is 14.4 Å². The van der Waals surface area contributed by atoms with Crippen LogP contribution in [0.3, 0.4) is 0 Å². The van der Waals surface area contributed by atoms with Crippen molar-refractivity contribution in [3.05, 3.63) is 34.3 Å². The number of carbonyl (C=O) groups is 3. The Morgan fingerprint density at radius 3 is 2.70 bits per heavy atom. The van der Waals surface area contributed by atoms with Gasteiger partial charge in [-0.25, -0.2) is 0 Å². The maximum Gasteiger partial charge on any atom is 0.255 e. The number of amides is 3. The van der Waals surface area contributed by atoms with Crippen LogP contribution in [0.25, 0.3) is 0 Å². The number of piperazine rings is 1. The molecule has 1 aromatic rings. The van der Waals surface area contributed by atoms with Gasteiger partial charge in [0, 0.05) is 10.6 Å². The summed E-state index contributed by atoms with van der Waals surface area (Å²) in [4.78, 5) is 37.0. The van der Waals surface area contributed by atoms with Gasteiger partial charge in [0.2, 0.25) is 11.8 Å². The van der Waals surface area contributed by atoms with Gasteiger partial charge >= 0.3 is 0 Å². The lowest BCUT2D eigenvalue weighted by Gasteiger charge is -2.33. The monoisotopic (exact) mass is 294 g/mol. The van der Waals surface area contributed by atoms with Gasteiger partial charge in [-0.2, -0.15) is 0 Å². The van der Waals surface area contributed by atoms with Gasteiger partial charge in [0.15, 0.2) is 0 Å². The topological polar surface area (TPSA) is 66.5 Å². The fourth-order valence-corrected chi connectivity index (χ4v) is 2.60. The van der Waals surface area contributed by atoms with Gasteiger partial charge in [-0.3, -0.25) is 19.7 Å². The number of aryl methyl sites for hydroxylation is 1. The molecule has 1 aliphatic rings. The molecule has 0 saturated carbocycles. The Labute approximate surface area is 121 Å². The van der Waals surface area contributed by atoms with E-state index in [4.69, 9.17) is 11.6 Å². The fraction of sp³-hybridized carbons (Fsp3) is 0.357. The van der Waals surface area contributed by atoms with Crippen LogP contribution >= 0.6 is 11.6 Å². The number of nitrogens with one attached hydrogen (secondary N) is 1. The lowest BCUT2D eigenvalue weighted by molar-refractivity contribution is -0.138. The van der Waals surface area contributed by atoms with Gasteiger partial charge in [0.1, 0.15) is 12.6 Å². The quantitative estimate of drug-likeness (QED) is 0.841. The Balaban J connectivity index is 2.34. The molecule has 1 aliphatic heterocycles. The van der Waals surface area contributed by atoms with Crippen LogP contribution in [0.5, 0.6) is 0 Å². The minimum atomic E-state index is -0.625. The summed E-state index contributed by atoms with van der Waals surface area (Å²) in [6.45, 7) is 3.51. The van der Waals surface area contributed by atoms with E-state index >= 15 is 0 Å². The summed E-state index contributed by atoms with van der Waals surface area (Å²) in [5.74, 6) is -1.26. The predicted molar refractivity (Wildman–Crippen MR) is 74.5 cm³/mol. The summed E-state index contributed by atoms with van der Waals surface area (Å²) in [5, 5.41) is 2.69. The number of hydrogen-bond acceptors (Lipinski definition) is 3. The number of benzene rings is 1. The van der Waals surface area contributed by atoms with Crippen LogP contribution < -0.4 is 5.32 Å². The number of rotatable bonds is 2. The van der Waals surface area contributed by atoms with Crippen LogP contribution in [0.2, 0.25) is 5.02 Å². The molecule has 3 amide bonds. The van der Waals surface area contributed by atoms with Crippen LogP contribution in [-0.2, 0) is 9.59 Å². The number of carbonyl (C=O) groups excluding carboxylic acids is 3. The second kappa shape index (κ2) is 5.63. The summed E-state index contributed by atoms with van der Waals surface area (Å²) in [7, 11) is 0. The van der Waals surface area contributed by atoms with Gasteiger partial charge in [-0.05, 0) is 37.1 Å². The molecule has 0 aromatic heterocycles. The third-order valence-corrected chi connectivity index (χ3v) is 3.41. The first-order valence-corrected chi connectivity index (χ1v) is 6.72. The van der Waals surface area contributed by atoms with E-state index in [0.29, 0.717) is 17.0 Å². The molecule has 6 heteroatoms.